The minimum Gasteiger partial charge on any atom is -0.300 e. The molecule has 5 nitrogen and oxygen atoms in total. The molecule has 0 bridgehead atoms. The van der Waals surface area contributed by atoms with Crippen molar-refractivity contribution in [1.29, 1.82) is 0 Å². The Bertz CT molecular complexity index is 900. The van der Waals surface area contributed by atoms with Gasteiger partial charge in [0.15, 0.2) is 0 Å². The summed E-state index contributed by atoms with van der Waals surface area (Å²) >= 11 is 0. The molecule has 23 heavy (non-hydrogen) atoms. The van der Waals surface area contributed by atoms with Gasteiger partial charge >= 0.3 is 0 Å². The van der Waals surface area contributed by atoms with Gasteiger partial charge in [0.25, 0.3) is 5.56 Å². The topological polar surface area (TPSA) is 51.0 Å². The molecule has 1 unspecified atom stereocenters. The van der Waals surface area contributed by atoms with Crippen molar-refractivity contribution in [1.82, 2.24) is 19.4 Å². The Morgan fingerprint density at radius 2 is 1.96 bits per heavy atom. The average Bonchev–Trinajstić information content (AvgIpc) is 2.57. The fourth-order valence-corrected chi connectivity index (χ4v) is 2.59. The Morgan fingerprint density at radius 1 is 1.17 bits per heavy atom. The zero-order valence-corrected chi connectivity index (χ0v) is 13.8. The van der Waals surface area contributed by atoms with Crippen LogP contribution in [0.25, 0.3) is 22.2 Å². The molecular weight excluding hydrogens is 288 g/mol. The van der Waals surface area contributed by atoms with Crippen molar-refractivity contribution in [3.05, 3.63) is 58.8 Å². The summed E-state index contributed by atoms with van der Waals surface area (Å²) in [5, 5.41) is 0.627. The second-order valence-corrected chi connectivity index (χ2v) is 5.92. The van der Waals surface area contributed by atoms with Crippen molar-refractivity contribution >= 4 is 10.9 Å². The van der Waals surface area contributed by atoms with Gasteiger partial charge in [0.1, 0.15) is 5.82 Å². The molecular formula is C18H20N4O. The molecule has 0 aliphatic heterocycles. The van der Waals surface area contributed by atoms with Gasteiger partial charge in [-0.3, -0.25) is 19.2 Å². The van der Waals surface area contributed by atoms with Gasteiger partial charge in [-0.1, -0.05) is 12.1 Å². The summed E-state index contributed by atoms with van der Waals surface area (Å²) in [6.07, 6.45) is 1.76. The lowest BCUT2D eigenvalue weighted by molar-refractivity contribution is 0.301. The number of nitrogens with zero attached hydrogens (tertiary/aromatic N) is 4. The number of aromatic nitrogens is 3. The lowest BCUT2D eigenvalue weighted by Gasteiger charge is -2.21. The Labute approximate surface area is 135 Å². The number of fused-ring (bicyclic) bond motifs is 1. The first-order chi connectivity index (χ1) is 11.0. The second-order valence-electron chi connectivity index (χ2n) is 5.92. The van der Waals surface area contributed by atoms with Crippen LogP contribution >= 0.6 is 0 Å². The Hall–Kier alpha value is -2.53. The molecule has 2 heterocycles. The van der Waals surface area contributed by atoms with E-state index in [2.05, 4.69) is 4.98 Å². The third-order valence-electron chi connectivity index (χ3n) is 4.22. The molecule has 0 amide bonds. The third-order valence-corrected chi connectivity index (χ3v) is 4.22. The molecule has 0 aliphatic rings. The van der Waals surface area contributed by atoms with E-state index in [1.807, 2.05) is 62.3 Å². The maximum Gasteiger partial charge on any atom is 0.261 e. The molecule has 0 saturated heterocycles. The number of hydrogen-bond donors (Lipinski definition) is 0. The van der Waals surface area contributed by atoms with Gasteiger partial charge in [-0.2, -0.15) is 0 Å². The van der Waals surface area contributed by atoms with Crippen LogP contribution in [0.2, 0.25) is 0 Å². The molecule has 118 valence electrons. The van der Waals surface area contributed by atoms with E-state index in [0.717, 1.165) is 17.1 Å². The Balaban J connectivity index is 2.22. The van der Waals surface area contributed by atoms with Crippen LogP contribution in [0, 0.1) is 0 Å². The summed E-state index contributed by atoms with van der Waals surface area (Å²) in [4.78, 5) is 23.7. The van der Waals surface area contributed by atoms with Crippen molar-refractivity contribution < 1.29 is 0 Å². The highest BCUT2D eigenvalue weighted by Gasteiger charge is 2.16. The Kier molecular flexibility index (Phi) is 3.96. The summed E-state index contributed by atoms with van der Waals surface area (Å²) in [7, 11) is 5.73. The molecule has 0 spiro atoms. The van der Waals surface area contributed by atoms with Crippen LogP contribution in [0.5, 0.6) is 0 Å². The largest absolute Gasteiger partial charge is 0.300 e. The lowest BCUT2D eigenvalue weighted by Crippen LogP contribution is -2.28. The molecule has 0 aliphatic carbocycles. The van der Waals surface area contributed by atoms with Crippen molar-refractivity contribution in [3.63, 3.8) is 0 Å². The predicted molar refractivity (Wildman–Crippen MR) is 92.3 cm³/mol. The van der Waals surface area contributed by atoms with E-state index >= 15 is 0 Å². The first kappa shape index (κ1) is 15.4. The summed E-state index contributed by atoms with van der Waals surface area (Å²) < 4.78 is 1.63. The maximum atomic E-state index is 12.6. The van der Waals surface area contributed by atoms with Gasteiger partial charge in [0.05, 0.1) is 22.6 Å². The number of hydrogen-bond acceptors (Lipinski definition) is 4. The van der Waals surface area contributed by atoms with Gasteiger partial charge in [-0.05, 0) is 45.3 Å². The molecule has 0 N–H and O–H groups in total. The van der Waals surface area contributed by atoms with E-state index in [4.69, 9.17) is 4.98 Å². The first-order valence-corrected chi connectivity index (χ1v) is 7.57. The SMILES string of the molecule is CC(c1nc2cc(-c3ccccn3)ccc2c(=O)n1C)N(C)C. The second kappa shape index (κ2) is 5.93. The minimum atomic E-state index is -0.0220. The average molecular weight is 308 g/mol. The van der Waals surface area contributed by atoms with Crippen LogP contribution < -0.4 is 5.56 Å². The highest BCUT2D eigenvalue weighted by Crippen LogP contribution is 2.22. The molecule has 0 saturated carbocycles. The van der Waals surface area contributed by atoms with Crippen LogP contribution in [-0.4, -0.2) is 33.5 Å². The molecule has 1 aromatic carbocycles. The van der Waals surface area contributed by atoms with Crippen LogP contribution in [-0.2, 0) is 7.05 Å². The molecule has 0 fully saturated rings. The number of benzene rings is 1. The van der Waals surface area contributed by atoms with Crippen LogP contribution in [0.3, 0.4) is 0 Å². The highest BCUT2D eigenvalue weighted by molar-refractivity contribution is 5.83. The van der Waals surface area contributed by atoms with E-state index in [9.17, 15) is 4.79 Å². The van der Waals surface area contributed by atoms with E-state index < -0.39 is 0 Å². The van der Waals surface area contributed by atoms with E-state index in [-0.39, 0.29) is 11.6 Å². The quantitative estimate of drug-likeness (QED) is 0.746. The monoisotopic (exact) mass is 308 g/mol. The van der Waals surface area contributed by atoms with E-state index in [1.54, 1.807) is 17.8 Å². The van der Waals surface area contributed by atoms with Gasteiger partial charge in [0.2, 0.25) is 0 Å². The summed E-state index contributed by atoms with van der Waals surface area (Å²) in [6, 6.07) is 11.5. The van der Waals surface area contributed by atoms with Crippen molar-refractivity contribution in [2.75, 3.05) is 14.1 Å². The Morgan fingerprint density at radius 3 is 2.61 bits per heavy atom. The van der Waals surface area contributed by atoms with Crippen LogP contribution in [0.1, 0.15) is 18.8 Å². The minimum absolute atomic E-state index is 0.0220. The summed E-state index contributed by atoms with van der Waals surface area (Å²) in [6.45, 7) is 2.04. The first-order valence-electron chi connectivity index (χ1n) is 7.57. The van der Waals surface area contributed by atoms with Crippen LogP contribution in [0.4, 0.5) is 0 Å². The lowest BCUT2D eigenvalue weighted by atomic mass is 10.1. The van der Waals surface area contributed by atoms with E-state index in [1.165, 1.54) is 0 Å². The van der Waals surface area contributed by atoms with Crippen molar-refractivity contribution in [2.45, 2.75) is 13.0 Å². The zero-order chi connectivity index (χ0) is 16.6. The smallest absolute Gasteiger partial charge is 0.261 e. The maximum absolute atomic E-state index is 12.6. The zero-order valence-electron chi connectivity index (χ0n) is 13.8. The predicted octanol–water partition coefficient (Wildman–Crippen LogP) is 2.62. The summed E-state index contributed by atoms with van der Waals surface area (Å²) in [5.41, 5.74) is 2.52. The fraction of sp³-hybridized carbons (Fsp3) is 0.278. The van der Waals surface area contributed by atoms with Gasteiger partial charge in [0, 0.05) is 18.8 Å². The number of rotatable bonds is 3. The molecule has 1 atom stereocenters. The summed E-state index contributed by atoms with van der Waals surface area (Å²) in [5.74, 6) is 0.755. The molecule has 5 heteroatoms. The van der Waals surface area contributed by atoms with Gasteiger partial charge < -0.3 is 0 Å². The third kappa shape index (κ3) is 2.75. The molecule has 0 radical (unpaired) electrons. The van der Waals surface area contributed by atoms with Crippen LogP contribution in [0.15, 0.2) is 47.4 Å². The number of pyridine rings is 1. The van der Waals surface area contributed by atoms with Gasteiger partial charge in [-0.25, -0.2) is 4.98 Å². The fourth-order valence-electron chi connectivity index (χ4n) is 2.59. The van der Waals surface area contributed by atoms with Gasteiger partial charge in [-0.15, -0.1) is 0 Å². The molecule has 2 aromatic heterocycles. The highest BCUT2D eigenvalue weighted by atomic mass is 16.1. The normalized spacial score (nSPS) is 12.7. The standard InChI is InChI=1S/C18H20N4O/c1-12(21(2)3)17-20-16-11-13(15-7-5-6-10-19-15)8-9-14(16)18(23)22(17)4/h5-12H,1-4H3. The van der Waals surface area contributed by atoms with Crippen molar-refractivity contribution in [3.8, 4) is 11.3 Å². The molecule has 3 aromatic rings. The van der Waals surface area contributed by atoms with E-state index in [0.29, 0.717) is 10.9 Å². The van der Waals surface area contributed by atoms with Crippen molar-refractivity contribution in [2.24, 2.45) is 7.05 Å². The molecule has 3 rings (SSSR count).